The normalized spacial score (nSPS) is 12.7. The van der Waals surface area contributed by atoms with E-state index in [1.54, 1.807) is 30.3 Å². The number of carbonyl (C=O) groups excluding carboxylic acids is 1. The molecule has 1 aliphatic heterocycles. The van der Waals surface area contributed by atoms with Crippen molar-refractivity contribution in [1.82, 2.24) is 10.3 Å². The number of nitrogens with one attached hydrogen (secondary N) is 2. The van der Waals surface area contributed by atoms with Crippen LogP contribution in [0.4, 0.5) is 10.1 Å². The molecule has 0 spiro atoms. The Morgan fingerprint density at radius 3 is 2.86 bits per heavy atom. The predicted octanol–water partition coefficient (Wildman–Crippen LogP) is 3.73. The molecule has 2 N–H and O–H groups in total. The van der Waals surface area contributed by atoms with Gasteiger partial charge < -0.3 is 15.4 Å². The first kappa shape index (κ1) is 19.1. The molecule has 1 aromatic heterocycles. The Balaban J connectivity index is 1.69. The molecule has 146 valence electrons. The van der Waals surface area contributed by atoms with Crippen LogP contribution in [0.5, 0.6) is 5.75 Å². The van der Waals surface area contributed by atoms with Crippen LogP contribution in [0.2, 0.25) is 0 Å². The zero-order chi connectivity index (χ0) is 20.4. The van der Waals surface area contributed by atoms with Gasteiger partial charge in [0.2, 0.25) is 0 Å². The van der Waals surface area contributed by atoms with Crippen molar-refractivity contribution in [2.75, 3.05) is 19.0 Å². The number of nitriles is 1. The molecular weight excluding hydrogens is 391 g/mol. The van der Waals surface area contributed by atoms with E-state index in [9.17, 15) is 14.4 Å². The number of benzene rings is 2. The van der Waals surface area contributed by atoms with Gasteiger partial charge >= 0.3 is 0 Å². The molecule has 0 fully saturated rings. The smallest absolute Gasteiger partial charge is 0.284 e. The van der Waals surface area contributed by atoms with Gasteiger partial charge in [-0.25, -0.2) is 9.37 Å². The van der Waals surface area contributed by atoms with Crippen LogP contribution in [-0.2, 0) is 13.0 Å². The Kier molecular flexibility index (Phi) is 5.25. The highest BCUT2D eigenvalue weighted by molar-refractivity contribution is 7.13. The maximum absolute atomic E-state index is 14.7. The van der Waals surface area contributed by atoms with Crippen LogP contribution in [-0.4, -0.2) is 24.5 Å². The number of rotatable bonds is 4. The molecule has 2 aromatic carbocycles. The third-order valence-corrected chi connectivity index (χ3v) is 5.79. The number of thiazole rings is 1. The van der Waals surface area contributed by atoms with E-state index in [1.165, 1.54) is 24.5 Å². The fourth-order valence-electron chi connectivity index (χ4n) is 3.28. The van der Waals surface area contributed by atoms with Gasteiger partial charge in [-0.15, -0.1) is 11.3 Å². The molecule has 0 saturated heterocycles. The molecule has 6 nitrogen and oxygen atoms in total. The zero-order valence-corrected chi connectivity index (χ0v) is 16.4. The van der Waals surface area contributed by atoms with Crippen LogP contribution in [0, 0.1) is 17.1 Å². The quantitative estimate of drug-likeness (QED) is 0.687. The highest BCUT2D eigenvalue weighted by atomic mass is 32.1. The van der Waals surface area contributed by atoms with E-state index in [0.717, 1.165) is 23.5 Å². The highest BCUT2D eigenvalue weighted by Gasteiger charge is 2.21. The SMILES string of the molecule is COc1cccc(-c2cccc(NC(=O)c3nc4c(s3)CNCC4)c2C#N)c1F. The Labute approximate surface area is 171 Å². The fraction of sp³-hybridized carbons (Fsp3) is 0.190. The second kappa shape index (κ2) is 7.99. The summed E-state index contributed by atoms with van der Waals surface area (Å²) in [5, 5.41) is 16.1. The van der Waals surface area contributed by atoms with Crippen molar-refractivity contribution >= 4 is 22.9 Å². The van der Waals surface area contributed by atoms with Crippen LogP contribution < -0.4 is 15.4 Å². The molecule has 0 bridgehead atoms. The molecular formula is C21H17FN4O2S. The van der Waals surface area contributed by atoms with E-state index < -0.39 is 5.82 Å². The first-order chi connectivity index (χ1) is 14.1. The standard InChI is InChI=1S/C21H17FN4O2S/c1-28-17-7-3-5-13(19(17)22)12-4-2-6-15(14(12)10-23)25-20(27)21-26-16-8-9-24-11-18(16)29-21/h2-7,24H,8-9,11H2,1H3,(H,25,27). The largest absolute Gasteiger partial charge is 0.494 e. The minimum Gasteiger partial charge on any atom is -0.494 e. The molecule has 0 unspecified atom stereocenters. The number of halogens is 1. The van der Waals surface area contributed by atoms with Gasteiger partial charge in [0, 0.05) is 35.5 Å². The molecule has 2 heterocycles. The highest BCUT2D eigenvalue weighted by Crippen LogP contribution is 2.34. The van der Waals surface area contributed by atoms with Gasteiger partial charge in [0.15, 0.2) is 16.6 Å². The first-order valence-corrected chi connectivity index (χ1v) is 9.80. The maximum Gasteiger partial charge on any atom is 0.284 e. The van der Waals surface area contributed by atoms with Crippen molar-refractivity contribution in [1.29, 1.82) is 5.26 Å². The number of fused-ring (bicyclic) bond motifs is 1. The second-order valence-electron chi connectivity index (χ2n) is 6.43. The van der Waals surface area contributed by atoms with Gasteiger partial charge in [-0.2, -0.15) is 5.26 Å². The summed E-state index contributed by atoms with van der Waals surface area (Å²) >= 11 is 1.34. The van der Waals surface area contributed by atoms with E-state index in [0.29, 0.717) is 22.8 Å². The van der Waals surface area contributed by atoms with Crippen molar-refractivity contribution in [3.05, 3.63) is 63.4 Å². The molecule has 4 rings (SSSR count). The Hall–Kier alpha value is -3.28. The van der Waals surface area contributed by atoms with Crippen LogP contribution in [0.15, 0.2) is 36.4 Å². The number of aromatic nitrogens is 1. The first-order valence-electron chi connectivity index (χ1n) is 8.99. The van der Waals surface area contributed by atoms with Crippen LogP contribution >= 0.6 is 11.3 Å². The minimum absolute atomic E-state index is 0.0859. The molecule has 0 radical (unpaired) electrons. The summed E-state index contributed by atoms with van der Waals surface area (Å²) in [5.41, 5.74) is 2.03. The number of carbonyl (C=O) groups is 1. The molecule has 1 amide bonds. The molecule has 0 saturated carbocycles. The average molecular weight is 408 g/mol. The zero-order valence-electron chi connectivity index (χ0n) is 15.6. The number of hydrogen-bond acceptors (Lipinski definition) is 6. The minimum atomic E-state index is -0.560. The lowest BCUT2D eigenvalue weighted by molar-refractivity contribution is 0.102. The summed E-state index contributed by atoms with van der Waals surface area (Å²) in [6.07, 6.45) is 0.785. The third kappa shape index (κ3) is 3.58. The molecule has 0 aliphatic carbocycles. The van der Waals surface area contributed by atoms with E-state index in [-0.39, 0.29) is 22.8 Å². The lowest BCUT2D eigenvalue weighted by atomic mass is 9.98. The summed E-state index contributed by atoms with van der Waals surface area (Å²) < 4.78 is 19.8. The van der Waals surface area contributed by atoms with Gasteiger partial charge in [0.1, 0.15) is 6.07 Å². The molecule has 1 aliphatic rings. The summed E-state index contributed by atoms with van der Waals surface area (Å²) in [6, 6.07) is 11.7. The van der Waals surface area contributed by atoms with Crippen molar-refractivity contribution in [2.24, 2.45) is 0 Å². The fourth-order valence-corrected chi connectivity index (χ4v) is 4.25. The van der Waals surface area contributed by atoms with Gasteiger partial charge in [0.25, 0.3) is 5.91 Å². The number of methoxy groups -OCH3 is 1. The Bertz CT molecular complexity index is 1110. The topological polar surface area (TPSA) is 87.0 Å². The summed E-state index contributed by atoms with van der Waals surface area (Å²) in [4.78, 5) is 18.2. The average Bonchev–Trinajstić information content (AvgIpc) is 3.18. The molecule has 8 heteroatoms. The van der Waals surface area contributed by atoms with E-state index in [2.05, 4.69) is 21.7 Å². The van der Waals surface area contributed by atoms with Crippen molar-refractivity contribution in [3.8, 4) is 22.9 Å². The van der Waals surface area contributed by atoms with Crippen LogP contribution in [0.25, 0.3) is 11.1 Å². The van der Waals surface area contributed by atoms with Gasteiger partial charge in [-0.1, -0.05) is 24.3 Å². The molecule has 29 heavy (non-hydrogen) atoms. The molecule has 3 aromatic rings. The van der Waals surface area contributed by atoms with E-state index in [1.807, 2.05) is 0 Å². The second-order valence-corrected chi connectivity index (χ2v) is 7.52. The molecule has 0 atom stereocenters. The predicted molar refractivity (Wildman–Crippen MR) is 109 cm³/mol. The number of hydrogen-bond donors (Lipinski definition) is 2. The van der Waals surface area contributed by atoms with Crippen LogP contribution in [0.1, 0.15) is 25.9 Å². The van der Waals surface area contributed by atoms with Gasteiger partial charge in [-0.3, -0.25) is 4.79 Å². The third-order valence-electron chi connectivity index (χ3n) is 4.69. The number of ether oxygens (including phenoxy) is 1. The summed E-state index contributed by atoms with van der Waals surface area (Å²) in [6.45, 7) is 1.54. The van der Waals surface area contributed by atoms with Crippen molar-refractivity contribution < 1.29 is 13.9 Å². The van der Waals surface area contributed by atoms with E-state index in [4.69, 9.17) is 4.74 Å². The summed E-state index contributed by atoms with van der Waals surface area (Å²) in [5.74, 6) is -0.859. The number of amides is 1. The van der Waals surface area contributed by atoms with Crippen molar-refractivity contribution in [3.63, 3.8) is 0 Å². The lowest BCUT2D eigenvalue weighted by Crippen LogP contribution is -2.22. The van der Waals surface area contributed by atoms with Gasteiger partial charge in [-0.05, 0) is 12.1 Å². The monoisotopic (exact) mass is 408 g/mol. The van der Waals surface area contributed by atoms with Crippen LogP contribution in [0.3, 0.4) is 0 Å². The van der Waals surface area contributed by atoms with E-state index >= 15 is 0 Å². The number of nitrogens with zero attached hydrogens (tertiary/aromatic N) is 2. The lowest BCUT2D eigenvalue weighted by Gasteiger charge is -2.12. The van der Waals surface area contributed by atoms with Crippen molar-refractivity contribution in [2.45, 2.75) is 13.0 Å². The van der Waals surface area contributed by atoms with Gasteiger partial charge in [0.05, 0.1) is 24.1 Å². The Morgan fingerprint density at radius 1 is 1.31 bits per heavy atom. The maximum atomic E-state index is 14.7. The summed E-state index contributed by atoms with van der Waals surface area (Å²) in [7, 11) is 1.38. The Morgan fingerprint density at radius 2 is 2.10 bits per heavy atom. The number of anilines is 1.